The molecule has 7 nitrogen and oxygen atoms in total. The molecule has 1 amide bonds. The van der Waals surface area contributed by atoms with Crippen LogP contribution in [0.5, 0.6) is 17.2 Å². The summed E-state index contributed by atoms with van der Waals surface area (Å²) in [4.78, 5) is 23.6. The summed E-state index contributed by atoms with van der Waals surface area (Å²) < 4.78 is 15.8. The van der Waals surface area contributed by atoms with Gasteiger partial charge in [-0.15, -0.1) is 0 Å². The topological polar surface area (TPSA) is 94.1 Å². The van der Waals surface area contributed by atoms with Gasteiger partial charge in [0.15, 0.2) is 11.5 Å². The average molecular weight is 373 g/mol. The van der Waals surface area contributed by atoms with E-state index in [1.807, 2.05) is 0 Å². The Bertz CT molecular complexity index is 816. The Hall–Kier alpha value is -3.22. The number of methoxy groups -OCH3 is 3. The number of amides is 1. The molecule has 0 saturated heterocycles. The van der Waals surface area contributed by atoms with Gasteiger partial charge in [0, 0.05) is 5.69 Å². The van der Waals surface area contributed by atoms with Gasteiger partial charge in [0.2, 0.25) is 5.75 Å². The Morgan fingerprint density at radius 3 is 2.11 bits per heavy atom. The zero-order valence-electron chi connectivity index (χ0n) is 15.7. The zero-order chi connectivity index (χ0) is 20.0. The minimum Gasteiger partial charge on any atom is -0.493 e. The second kappa shape index (κ2) is 8.93. The van der Waals surface area contributed by atoms with Crippen LogP contribution in [0.3, 0.4) is 0 Å². The van der Waals surface area contributed by atoms with Crippen molar-refractivity contribution >= 4 is 17.6 Å². The molecule has 0 aliphatic heterocycles. The van der Waals surface area contributed by atoms with Gasteiger partial charge in [-0.3, -0.25) is 9.59 Å². The Kier molecular flexibility index (Phi) is 6.65. The average Bonchev–Trinajstić information content (AvgIpc) is 2.67. The van der Waals surface area contributed by atoms with Crippen LogP contribution in [0.2, 0.25) is 0 Å². The lowest BCUT2D eigenvalue weighted by atomic mass is 10.0. The number of carbonyl (C=O) groups is 2. The van der Waals surface area contributed by atoms with E-state index in [1.54, 1.807) is 43.3 Å². The summed E-state index contributed by atoms with van der Waals surface area (Å²) in [7, 11) is 4.43. The summed E-state index contributed by atoms with van der Waals surface area (Å²) in [6, 6.07) is 10.3. The van der Waals surface area contributed by atoms with Gasteiger partial charge >= 0.3 is 5.97 Å². The Labute approximate surface area is 157 Å². The quantitative estimate of drug-likeness (QED) is 0.738. The fourth-order valence-electron chi connectivity index (χ4n) is 2.64. The molecule has 0 saturated carbocycles. The number of anilines is 1. The Balaban J connectivity index is 2.19. The molecule has 2 rings (SSSR count). The van der Waals surface area contributed by atoms with Crippen LogP contribution in [-0.2, 0) is 11.2 Å². The van der Waals surface area contributed by atoms with Crippen LogP contribution in [0.1, 0.15) is 22.8 Å². The van der Waals surface area contributed by atoms with Gasteiger partial charge in [-0.1, -0.05) is 19.1 Å². The molecule has 2 aromatic carbocycles. The van der Waals surface area contributed by atoms with E-state index in [0.717, 1.165) is 5.56 Å². The molecule has 0 aliphatic carbocycles. The summed E-state index contributed by atoms with van der Waals surface area (Å²) in [5.41, 5.74) is 1.77. The molecule has 27 heavy (non-hydrogen) atoms. The number of rotatable bonds is 8. The molecule has 2 N–H and O–H groups in total. The van der Waals surface area contributed by atoms with Gasteiger partial charge in [0.05, 0.1) is 32.8 Å². The van der Waals surface area contributed by atoms with Crippen molar-refractivity contribution in [1.29, 1.82) is 0 Å². The van der Waals surface area contributed by atoms with Crippen molar-refractivity contribution in [3.8, 4) is 17.2 Å². The van der Waals surface area contributed by atoms with Crippen molar-refractivity contribution in [3.05, 3.63) is 47.5 Å². The lowest BCUT2D eigenvalue weighted by Crippen LogP contribution is -2.14. The maximum Gasteiger partial charge on any atom is 0.306 e. The van der Waals surface area contributed by atoms with Crippen molar-refractivity contribution in [2.75, 3.05) is 26.6 Å². The number of carboxylic acids is 1. The normalized spacial score (nSPS) is 11.4. The molecule has 0 aliphatic rings. The van der Waals surface area contributed by atoms with E-state index in [4.69, 9.17) is 19.3 Å². The molecule has 1 unspecified atom stereocenters. The number of ether oxygens (including phenoxy) is 3. The number of carbonyl (C=O) groups excluding carboxylic acids is 1. The molecule has 0 fully saturated rings. The number of hydrogen-bond acceptors (Lipinski definition) is 5. The SMILES string of the molecule is COc1ccc(C(=O)Nc2ccc(CC(C)C(=O)O)cc2)c(OC)c1OC. The highest BCUT2D eigenvalue weighted by molar-refractivity contribution is 6.07. The first-order valence-corrected chi connectivity index (χ1v) is 8.33. The standard InChI is InChI=1S/C20H23NO6/c1-12(20(23)24)11-13-5-7-14(8-6-13)21-19(22)15-9-10-16(25-2)18(27-4)17(15)26-3/h5-10,12H,11H2,1-4H3,(H,21,22)(H,23,24). The van der Waals surface area contributed by atoms with Crippen LogP contribution >= 0.6 is 0 Å². The summed E-state index contributed by atoms with van der Waals surface area (Å²) in [5, 5.41) is 11.8. The van der Waals surface area contributed by atoms with E-state index in [9.17, 15) is 9.59 Å². The van der Waals surface area contributed by atoms with E-state index in [-0.39, 0.29) is 11.7 Å². The van der Waals surface area contributed by atoms with Crippen LogP contribution in [0, 0.1) is 5.92 Å². The Morgan fingerprint density at radius 1 is 0.963 bits per heavy atom. The molecule has 0 bridgehead atoms. The van der Waals surface area contributed by atoms with Crippen molar-refractivity contribution in [2.24, 2.45) is 5.92 Å². The third kappa shape index (κ3) is 4.69. The number of carboxylic acid groups (broad SMARTS) is 1. The smallest absolute Gasteiger partial charge is 0.306 e. The highest BCUT2D eigenvalue weighted by Gasteiger charge is 2.20. The number of aliphatic carboxylic acids is 1. The van der Waals surface area contributed by atoms with E-state index in [1.165, 1.54) is 21.3 Å². The monoisotopic (exact) mass is 373 g/mol. The van der Waals surface area contributed by atoms with Gasteiger partial charge in [-0.2, -0.15) is 0 Å². The highest BCUT2D eigenvalue weighted by Crippen LogP contribution is 2.39. The van der Waals surface area contributed by atoms with E-state index >= 15 is 0 Å². The number of benzene rings is 2. The molecule has 144 valence electrons. The number of nitrogens with one attached hydrogen (secondary N) is 1. The van der Waals surface area contributed by atoms with Gasteiger partial charge in [-0.05, 0) is 36.2 Å². The molecule has 7 heteroatoms. The maximum atomic E-state index is 12.6. The van der Waals surface area contributed by atoms with Crippen molar-refractivity contribution < 1.29 is 28.9 Å². The molecule has 0 spiro atoms. The van der Waals surface area contributed by atoms with Crippen LogP contribution < -0.4 is 19.5 Å². The van der Waals surface area contributed by atoms with E-state index in [2.05, 4.69) is 5.32 Å². The first kappa shape index (κ1) is 20.1. The predicted molar refractivity (Wildman–Crippen MR) is 101 cm³/mol. The molecule has 2 aromatic rings. The largest absolute Gasteiger partial charge is 0.493 e. The highest BCUT2D eigenvalue weighted by atomic mass is 16.5. The maximum absolute atomic E-state index is 12.6. The van der Waals surface area contributed by atoms with Gasteiger partial charge < -0.3 is 24.6 Å². The zero-order valence-corrected chi connectivity index (χ0v) is 15.7. The molecule has 0 heterocycles. The van der Waals surface area contributed by atoms with Gasteiger partial charge in [-0.25, -0.2) is 0 Å². The van der Waals surface area contributed by atoms with Crippen LogP contribution in [0.4, 0.5) is 5.69 Å². The first-order valence-electron chi connectivity index (χ1n) is 8.33. The second-order valence-electron chi connectivity index (χ2n) is 5.98. The molecule has 0 radical (unpaired) electrons. The van der Waals surface area contributed by atoms with Crippen molar-refractivity contribution in [2.45, 2.75) is 13.3 Å². The lowest BCUT2D eigenvalue weighted by molar-refractivity contribution is -0.141. The number of hydrogen-bond donors (Lipinski definition) is 2. The fourth-order valence-corrected chi connectivity index (χ4v) is 2.64. The first-order chi connectivity index (χ1) is 12.9. The summed E-state index contributed by atoms with van der Waals surface area (Å²) in [6.45, 7) is 1.65. The van der Waals surface area contributed by atoms with Gasteiger partial charge in [0.1, 0.15) is 0 Å². The molecular weight excluding hydrogens is 350 g/mol. The fraction of sp³-hybridized carbons (Fsp3) is 0.300. The molecule has 1 atom stereocenters. The summed E-state index contributed by atoms with van der Waals surface area (Å²) in [5.74, 6) is -0.594. The Morgan fingerprint density at radius 2 is 1.59 bits per heavy atom. The van der Waals surface area contributed by atoms with Gasteiger partial charge in [0.25, 0.3) is 5.91 Å². The predicted octanol–water partition coefficient (Wildman–Crippen LogP) is 3.23. The summed E-state index contributed by atoms with van der Waals surface area (Å²) >= 11 is 0. The van der Waals surface area contributed by atoms with E-state index < -0.39 is 11.9 Å². The van der Waals surface area contributed by atoms with Crippen molar-refractivity contribution in [3.63, 3.8) is 0 Å². The van der Waals surface area contributed by atoms with E-state index in [0.29, 0.717) is 29.2 Å². The minimum absolute atomic E-state index is 0.279. The minimum atomic E-state index is -0.840. The van der Waals surface area contributed by atoms with Crippen LogP contribution in [-0.4, -0.2) is 38.3 Å². The second-order valence-corrected chi connectivity index (χ2v) is 5.98. The van der Waals surface area contributed by atoms with Crippen LogP contribution in [0.15, 0.2) is 36.4 Å². The third-order valence-electron chi connectivity index (χ3n) is 4.12. The third-order valence-corrected chi connectivity index (χ3v) is 4.12. The van der Waals surface area contributed by atoms with Crippen LogP contribution in [0.25, 0.3) is 0 Å². The molecule has 0 aromatic heterocycles. The summed E-state index contributed by atoms with van der Waals surface area (Å²) in [6.07, 6.45) is 0.424. The lowest BCUT2D eigenvalue weighted by Gasteiger charge is -2.15. The molecular formula is C20H23NO6. The van der Waals surface area contributed by atoms with Crippen molar-refractivity contribution in [1.82, 2.24) is 0 Å².